The van der Waals surface area contributed by atoms with Crippen molar-refractivity contribution in [3.8, 4) is 22.3 Å². The van der Waals surface area contributed by atoms with Gasteiger partial charge in [-0.25, -0.2) is 0 Å². The molecule has 4 aromatic rings. The number of rotatable bonds is 6. The van der Waals surface area contributed by atoms with Gasteiger partial charge in [-0.1, -0.05) is 86.8 Å². The van der Waals surface area contributed by atoms with Gasteiger partial charge in [-0.05, 0) is 104 Å². The second kappa shape index (κ2) is 9.90. The van der Waals surface area contributed by atoms with E-state index >= 15 is 0 Å². The average molecular weight is 554 g/mol. The van der Waals surface area contributed by atoms with E-state index < -0.39 is 0 Å². The second-order valence-corrected chi connectivity index (χ2v) is 13.1. The molecule has 2 heteroatoms. The summed E-state index contributed by atoms with van der Waals surface area (Å²) in [5.41, 5.74) is 18.7. The van der Waals surface area contributed by atoms with Crippen LogP contribution < -0.4 is 4.90 Å². The third kappa shape index (κ3) is 3.84. The molecule has 7 rings (SSSR count). The molecule has 3 aliphatic rings. The zero-order valence-corrected chi connectivity index (χ0v) is 26.3. The van der Waals surface area contributed by atoms with Crippen molar-refractivity contribution in [1.82, 2.24) is 0 Å². The number of unbranched alkanes of at least 4 members (excludes halogenated alkanes) is 1. The number of hydrogen-bond donors (Lipinski definition) is 0. The molecule has 0 aromatic heterocycles. The number of benzene rings is 4. The summed E-state index contributed by atoms with van der Waals surface area (Å²) in [6.45, 7) is 15.9. The van der Waals surface area contributed by atoms with Crippen LogP contribution >= 0.6 is 0 Å². The van der Waals surface area contributed by atoms with Gasteiger partial charge in [-0.3, -0.25) is 0 Å². The van der Waals surface area contributed by atoms with Crippen LogP contribution in [0.2, 0.25) is 0 Å². The molecule has 0 radical (unpaired) electrons. The van der Waals surface area contributed by atoms with Crippen LogP contribution in [0.3, 0.4) is 0 Å². The molecule has 4 aromatic carbocycles. The first-order chi connectivity index (χ1) is 20.3. The van der Waals surface area contributed by atoms with Gasteiger partial charge in [0.05, 0.1) is 11.4 Å². The maximum atomic E-state index is 7.19. The second-order valence-electron chi connectivity index (χ2n) is 13.1. The van der Waals surface area contributed by atoms with Gasteiger partial charge in [-0.2, -0.15) is 0 Å². The van der Waals surface area contributed by atoms with E-state index in [0.29, 0.717) is 0 Å². The molecule has 3 aliphatic heterocycles. The van der Waals surface area contributed by atoms with Gasteiger partial charge in [-0.15, -0.1) is 0 Å². The minimum atomic E-state index is 0.00575. The molecule has 0 saturated carbocycles. The van der Waals surface area contributed by atoms with E-state index in [9.17, 15) is 0 Å². The Kier molecular flexibility index (Phi) is 6.38. The lowest BCUT2D eigenvalue weighted by atomic mass is 9.66. The molecule has 2 atom stereocenters. The molecule has 0 amide bonds. The van der Waals surface area contributed by atoms with Crippen LogP contribution in [0.25, 0.3) is 33.7 Å². The summed E-state index contributed by atoms with van der Waals surface area (Å²) in [7, 11) is 0. The number of ether oxygens (including phenoxy) is 1. The van der Waals surface area contributed by atoms with E-state index in [1.54, 1.807) is 0 Å². The Labute approximate surface area is 252 Å². The van der Waals surface area contributed by atoms with Gasteiger partial charge >= 0.3 is 0 Å². The van der Waals surface area contributed by atoms with Crippen LogP contribution in [0.5, 0.6) is 0 Å². The Bertz CT molecular complexity index is 1730. The number of aryl methyl sites for hydroxylation is 5. The van der Waals surface area contributed by atoms with Gasteiger partial charge in [0.25, 0.3) is 0 Å². The molecule has 2 nitrogen and oxygen atoms in total. The predicted octanol–water partition coefficient (Wildman–Crippen LogP) is 10.8. The number of fused-ring (bicyclic) bond motifs is 3. The summed E-state index contributed by atoms with van der Waals surface area (Å²) < 4.78 is 7.19. The lowest BCUT2D eigenvalue weighted by molar-refractivity contribution is 0.129. The van der Waals surface area contributed by atoms with E-state index in [0.717, 1.165) is 18.6 Å². The average Bonchev–Trinajstić information content (AvgIpc) is 3.34. The van der Waals surface area contributed by atoms with Crippen molar-refractivity contribution in [3.63, 3.8) is 0 Å². The SMILES string of the molecule is CCCCC1(CC)CC2OC(c3c(C)cccc3C)=C3c4ccc(-c5c(C)cccc5C)cc4-c4cc(C)cc1c4N32. The van der Waals surface area contributed by atoms with Crippen LogP contribution in [0.1, 0.15) is 90.5 Å². The van der Waals surface area contributed by atoms with E-state index in [-0.39, 0.29) is 11.6 Å². The molecule has 0 spiro atoms. The highest BCUT2D eigenvalue weighted by atomic mass is 16.5. The van der Waals surface area contributed by atoms with Crippen molar-refractivity contribution in [2.24, 2.45) is 0 Å². The van der Waals surface area contributed by atoms with Gasteiger partial charge in [0, 0.05) is 28.5 Å². The molecule has 3 heterocycles. The Morgan fingerprint density at radius 3 is 2.07 bits per heavy atom. The Balaban J connectivity index is 1.57. The predicted molar refractivity (Wildman–Crippen MR) is 178 cm³/mol. The highest BCUT2D eigenvalue weighted by molar-refractivity contribution is 6.10. The molecule has 0 N–H and O–H groups in total. The summed E-state index contributed by atoms with van der Waals surface area (Å²) in [5.74, 6) is 1.05. The highest BCUT2D eigenvalue weighted by Gasteiger charge is 2.51. The summed E-state index contributed by atoms with van der Waals surface area (Å²) in [4.78, 5) is 2.59. The number of nitrogens with zero attached hydrogens (tertiary/aromatic N) is 1. The van der Waals surface area contributed by atoms with E-state index in [1.165, 1.54) is 97.4 Å². The van der Waals surface area contributed by atoms with E-state index in [4.69, 9.17) is 4.74 Å². The third-order valence-electron chi connectivity index (χ3n) is 10.4. The standard InChI is InChI=1S/C40H43NO/c1-8-10-19-40(9-2)23-34-41-37-32(20-24(3)21-33(37)40)31-22-29(35-25(4)13-11-14-26(35)5)17-18-30(31)38(41)39(42-34)36-27(6)15-12-16-28(36)7/h11-18,20-22,34H,8-10,19,23H2,1-7H3. The van der Waals surface area contributed by atoms with Crippen molar-refractivity contribution in [3.05, 3.63) is 111 Å². The van der Waals surface area contributed by atoms with Gasteiger partial charge < -0.3 is 9.64 Å². The van der Waals surface area contributed by atoms with Gasteiger partial charge in [0.15, 0.2) is 12.0 Å². The molecular weight excluding hydrogens is 510 g/mol. The fourth-order valence-electron chi connectivity index (χ4n) is 8.24. The molecule has 214 valence electrons. The monoisotopic (exact) mass is 553 g/mol. The first-order valence-electron chi connectivity index (χ1n) is 15.9. The summed E-state index contributed by atoms with van der Waals surface area (Å²) in [5, 5.41) is 0. The number of hydrogen-bond acceptors (Lipinski definition) is 2. The van der Waals surface area contributed by atoms with Gasteiger partial charge in [0.2, 0.25) is 0 Å². The van der Waals surface area contributed by atoms with Crippen molar-refractivity contribution in [1.29, 1.82) is 0 Å². The maximum Gasteiger partial charge on any atom is 0.177 e. The molecule has 0 aliphatic carbocycles. The first kappa shape index (κ1) is 27.1. The minimum Gasteiger partial charge on any atom is -0.467 e. The van der Waals surface area contributed by atoms with Crippen molar-refractivity contribution >= 4 is 17.1 Å². The highest BCUT2D eigenvalue weighted by Crippen LogP contribution is 2.61. The smallest absolute Gasteiger partial charge is 0.177 e. The zero-order chi connectivity index (χ0) is 29.3. The Morgan fingerprint density at radius 2 is 1.43 bits per heavy atom. The molecule has 42 heavy (non-hydrogen) atoms. The quantitative estimate of drug-likeness (QED) is 0.235. The van der Waals surface area contributed by atoms with Crippen LogP contribution in [0.15, 0.2) is 66.7 Å². The Hall–Kier alpha value is -3.78. The van der Waals surface area contributed by atoms with Crippen LogP contribution in [0.4, 0.5) is 5.69 Å². The molecule has 2 unspecified atom stereocenters. The molecule has 0 fully saturated rings. The minimum absolute atomic E-state index is 0.00575. The third-order valence-corrected chi connectivity index (χ3v) is 10.4. The van der Waals surface area contributed by atoms with Crippen LogP contribution in [-0.4, -0.2) is 6.23 Å². The summed E-state index contributed by atoms with van der Waals surface area (Å²) in [6, 6.07) is 25.4. The van der Waals surface area contributed by atoms with Crippen molar-refractivity contribution < 1.29 is 4.74 Å². The molecular formula is C40H43NO. The topological polar surface area (TPSA) is 12.5 Å². The van der Waals surface area contributed by atoms with Crippen LogP contribution in [0, 0.1) is 34.6 Å². The maximum absolute atomic E-state index is 7.19. The summed E-state index contributed by atoms with van der Waals surface area (Å²) in [6.07, 6.45) is 5.80. The van der Waals surface area contributed by atoms with E-state index in [1.807, 2.05) is 0 Å². The molecule has 0 bridgehead atoms. The first-order valence-corrected chi connectivity index (χ1v) is 15.9. The Morgan fingerprint density at radius 1 is 0.762 bits per heavy atom. The van der Waals surface area contributed by atoms with Gasteiger partial charge in [0.1, 0.15) is 0 Å². The largest absolute Gasteiger partial charge is 0.467 e. The normalized spacial score (nSPS) is 20.0. The molecule has 0 saturated heterocycles. The zero-order valence-electron chi connectivity index (χ0n) is 26.3. The fourth-order valence-corrected chi connectivity index (χ4v) is 8.24. The fraction of sp³-hybridized carbons (Fsp3) is 0.350. The van der Waals surface area contributed by atoms with Crippen LogP contribution in [-0.2, 0) is 10.2 Å². The summed E-state index contributed by atoms with van der Waals surface area (Å²) >= 11 is 0. The lowest BCUT2D eigenvalue weighted by Crippen LogP contribution is -2.46. The van der Waals surface area contributed by atoms with E-state index in [2.05, 4.69) is 120 Å². The lowest BCUT2D eigenvalue weighted by Gasteiger charge is -2.48. The van der Waals surface area contributed by atoms with Crippen molar-refractivity contribution in [2.75, 3.05) is 4.90 Å². The number of anilines is 1. The van der Waals surface area contributed by atoms with Crippen molar-refractivity contribution in [2.45, 2.75) is 92.2 Å².